The molecule has 1 aromatic rings. The Balaban J connectivity index is 1.99. The van der Waals surface area contributed by atoms with Crippen LogP contribution < -0.4 is 5.32 Å². The molecule has 1 aliphatic heterocycles. The number of likely N-dealkylation sites (tertiary alicyclic amines) is 1. The van der Waals surface area contributed by atoms with E-state index in [0.29, 0.717) is 13.1 Å². The quantitative estimate of drug-likeness (QED) is 0.772. The number of carbonyl (C=O) groups is 1. The largest absolute Gasteiger partial charge is 0.377 e. The molecule has 0 aliphatic carbocycles. The number of ether oxygens (including phenoxy) is 1. The standard InChI is InChI=1S/C20H34N4O2/c1-5-23-13-10-18(11-14-23)24(15-9-17-8-6-7-12-21-17)19(25)22-16-20(2,3)26-4/h6-8,12,18H,5,9-11,13-16H2,1-4H3,(H,22,25). The van der Waals surface area contributed by atoms with Gasteiger partial charge in [-0.3, -0.25) is 4.98 Å². The number of nitrogens with zero attached hydrogens (tertiary/aromatic N) is 3. The third-order valence-corrected chi connectivity index (χ3v) is 5.26. The Hall–Kier alpha value is -1.66. The van der Waals surface area contributed by atoms with Gasteiger partial charge < -0.3 is 19.9 Å². The fourth-order valence-electron chi connectivity index (χ4n) is 3.24. The molecule has 1 saturated heterocycles. The van der Waals surface area contributed by atoms with E-state index in [4.69, 9.17) is 4.74 Å². The van der Waals surface area contributed by atoms with Crippen LogP contribution in [0.5, 0.6) is 0 Å². The summed E-state index contributed by atoms with van der Waals surface area (Å²) in [5, 5.41) is 3.06. The van der Waals surface area contributed by atoms with Crippen molar-refractivity contribution in [3.8, 4) is 0 Å². The van der Waals surface area contributed by atoms with Crippen LogP contribution in [0.25, 0.3) is 0 Å². The first-order valence-corrected chi connectivity index (χ1v) is 9.67. The first kappa shape index (κ1) is 20.6. The highest BCUT2D eigenvalue weighted by Crippen LogP contribution is 2.17. The maximum atomic E-state index is 12.9. The zero-order chi connectivity index (χ0) is 19.0. The van der Waals surface area contributed by atoms with Gasteiger partial charge in [0.05, 0.1) is 5.60 Å². The minimum absolute atomic E-state index is 0.000930. The highest BCUT2D eigenvalue weighted by Gasteiger charge is 2.28. The summed E-state index contributed by atoms with van der Waals surface area (Å²) in [7, 11) is 1.67. The summed E-state index contributed by atoms with van der Waals surface area (Å²) in [4.78, 5) is 21.7. The molecule has 0 radical (unpaired) electrons. The average Bonchev–Trinajstić information content (AvgIpc) is 2.68. The van der Waals surface area contributed by atoms with E-state index in [1.165, 1.54) is 0 Å². The fourth-order valence-corrected chi connectivity index (χ4v) is 3.24. The second kappa shape index (κ2) is 9.88. The molecule has 0 aromatic carbocycles. The summed E-state index contributed by atoms with van der Waals surface area (Å²) in [5.41, 5.74) is 0.655. The van der Waals surface area contributed by atoms with Crippen LogP contribution in [0.3, 0.4) is 0 Å². The molecule has 1 fully saturated rings. The maximum Gasteiger partial charge on any atom is 0.317 e. The molecule has 6 nitrogen and oxygen atoms in total. The second-order valence-corrected chi connectivity index (χ2v) is 7.55. The van der Waals surface area contributed by atoms with E-state index in [-0.39, 0.29) is 17.7 Å². The van der Waals surface area contributed by atoms with Gasteiger partial charge in [0.1, 0.15) is 0 Å². The van der Waals surface area contributed by atoms with E-state index in [0.717, 1.165) is 44.6 Å². The van der Waals surface area contributed by atoms with Crippen LogP contribution in [0.15, 0.2) is 24.4 Å². The van der Waals surface area contributed by atoms with Gasteiger partial charge in [-0.15, -0.1) is 0 Å². The Morgan fingerprint density at radius 2 is 2.12 bits per heavy atom. The molecule has 26 heavy (non-hydrogen) atoms. The number of aromatic nitrogens is 1. The molecule has 0 atom stereocenters. The van der Waals surface area contributed by atoms with Gasteiger partial charge in [0.15, 0.2) is 0 Å². The van der Waals surface area contributed by atoms with Crippen LogP contribution in [-0.4, -0.2) is 72.3 Å². The van der Waals surface area contributed by atoms with Crippen molar-refractivity contribution in [1.82, 2.24) is 20.1 Å². The van der Waals surface area contributed by atoms with Crippen molar-refractivity contribution in [3.63, 3.8) is 0 Å². The van der Waals surface area contributed by atoms with Crippen LogP contribution in [0.4, 0.5) is 4.79 Å². The molecule has 0 saturated carbocycles. The van der Waals surface area contributed by atoms with Crippen LogP contribution in [0.1, 0.15) is 39.3 Å². The number of amides is 2. The lowest BCUT2D eigenvalue weighted by Gasteiger charge is -2.38. The Bertz CT molecular complexity index is 542. The topological polar surface area (TPSA) is 57.7 Å². The molecular weight excluding hydrogens is 328 g/mol. The van der Waals surface area contributed by atoms with E-state index in [2.05, 4.69) is 22.1 Å². The minimum Gasteiger partial charge on any atom is -0.377 e. The van der Waals surface area contributed by atoms with Gasteiger partial charge in [0.2, 0.25) is 0 Å². The number of carbonyl (C=O) groups excluding carboxylic acids is 1. The predicted octanol–water partition coefficient (Wildman–Crippen LogP) is 2.55. The van der Waals surface area contributed by atoms with Gasteiger partial charge in [0, 0.05) is 57.6 Å². The van der Waals surface area contributed by atoms with Crippen molar-refractivity contribution in [2.45, 2.75) is 51.7 Å². The fraction of sp³-hybridized carbons (Fsp3) is 0.700. The summed E-state index contributed by atoms with van der Waals surface area (Å²) in [6.45, 7) is 10.5. The second-order valence-electron chi connectivity index (χ2n) is 7.55. The smallest absolute Gasteiger partial charge is 0.317 e. The summed E-state index contributed by atoms with van der Waals surface area (Å²) in [6, 6.07) is 6.21. The Morgan fingerprint density at radius 1 is 1.38 bits per heavy atom. The van der Waals surface area contributed by atoms with Crippen molar-refractivity contribution >= 4 is 6.03 Å². The lowest BCUT2D eigenvalue weighted by atomic mass is 10.0. The zero-order valence-electron chi connectivity index (χ0n) is 16.7. The van der Waals surface area contributed by atoms with E-state index < -0.39 is 0 Å². The summed E-state index contributed by atoms with van der Waals surface area (Å²) in [6.07, 6.45) is 4.63. The lowest BCUT2D eigenvalue weighted by molar-refractivity contribution is 0.0233. The third-order valence-electron chi connectivity index (χ3n) is 5.26. The SMILES string of the molecule is CCN1CCC(N(CCc2ccccn2)C(=O)NCC(C)(C)OC)CC1. The number of nitrogens with one attached hydrogen (secondary N) is 1. The number of methoxy groups -OCH3 is 1. The lowest BCUT2D eigenvalue weighted by Crippen LogP contribution is -2.53. The molecule has 2 heterocycles. The molecular formula is C20H34N4O2. The number of rotatable bonds is 8. The molecule has 2 amide bonds. The number of hydrogen-bond donors (Lipinski definition) is 1. The molecule has 0 bridgehead atoms. The molecule has 1 N–H and O–H groups in total. The van der Waals surface area contributed by atoms with Crippen LogP contribution in [0, 0.1) is 0 Å². The van der Waals surface area contributed by atoms with Gasteiger partial charge in [0.25, 0.3) is 0 Å². The van der Waals surface area contributed by atoms with Crippen molar-refractivity contribution in [2.75, 3.05) is 39.8 Å². The van der Waals surface area contributed by atoms with Gasteiger partial charge in [-0.25, -0.2) is 4.79 Å². The van der Waals surface area contributed by atoms with Crippen molar-refractivity contribution in [2.24, 2.45) is 0 Å². The highest BCUT2D eigenvalue weighted by atomic mass is 16.5. The van der Waals surface area contributed by atoms with E-state index in [9.17, 15) is 4.79 Å². The number of piperidine rings is 1. The van der Waals surface area contributed by atoms with E-state index in [1.807, 2.05) is 36.9 Å². The molecule has 0 unspecified atom stereocenters. The number of urea groups is 1. The molecule has 0 spiro atoms. The molecule has 1 aliphatic rings. The van der Waals surface area contributed by atoms with Crippen molar-refractivity contribution in [3.05, 3.63) is 30.1 Å². The minimum atomic E-state index is -0.367. The Morgan fingerprint density at radius 3 is 2.69 bits per heavy atom. The van der Waals surface area contributed by atoms with Crippen LogP contribution in [0.2, 0.25) is 0 Å². The Labute approximate surface area is 157 Å². The van der Waals surface area contributed by atoms with Crippen LogP contribution in [-0.2, 0) is 11.2 Å². The molecule has 2 rings (SSSR count). The normalized spacial score (nSPS) is 16.5. The van der Waals surface area contributed by atoms with Crippen LogP contribution >= 0.6 is 0 Å². The van der Waals surface area contributed by atoms with Crippen molar-refractivity contribution < 1.29 is 9.53 Å². The van der Waals surface area contributed by atoms with E-state index >= 15 is 0 Å². The third kappa shape index (κ3) is 6.25. The van der Waals surface area contributed by atoms with E-state index in [1.54, 1.807) is 13.3 Å². The van der Waals surface area contributed by atoms with Gasteiger partial charge in [-0.05, 0) is 45.4 Å². The van der Waals surface area contributed by atoms with Gasteiger partial charge in [-0.1, -0.05) is 13.0 Å². The summed E-state index contributed by atoms with van der Waals surface area (Å²) < 4.78 is 5.42. The average molecular weight is 363 g/mol. The first-order chi connectivity index (χ1) is 12.4. The summed E-state index contributed by atoms with van der Waals surface area (Å²) in [5.74, 6) is 0. The molecule has 1 aromatic heterocycles. The first-order valence-electron chi connectivity index (χ1n) is 9.67. The molecule has 146 valence electrons. The molecule has 6 heteroatoms. The predicted molar refractivity (Wildman–Crippen MR) is 104 cm³/mol. The number of pyridine rings is 1. The van der Waals surface area contributed by atoms with Gasteiger partial charge >= 0.3 is 6.03 Å². The van der Waals surface area contributed by atoms with Crippen molar-refractivity contribution in [1.29, 1.82) is 0 Å². The monoisotopic (exact) mass is 362 g/mol. The summed E-state index contributed by atoms with van der Waals surface area (Å²) >= 11 is 0. The highest BCUT2D eigenvalue weighted by molar-refractivity contribution is 5.74. The number of hydrogen-bond acceptors (Lipinski definition) is 4. The Kier molecular flexibility index (Phi) is 7.85. The zero-order valence-corrected chi connectivity index (χ0v) is 16.7. The van der Waals surface area contributed by atoms with Gasteiger partial charge in [-0.2, -0.15) is 0 Å². The maximum absolute atomic E-state index is 12.9.